The van der Waals surface area contributed by atoms with Crippen LogP contribution in [0.5, 0.6) is 0 Å². The molecule has 0 aromatic heterocycles. The molecule has 0 radical (unpaired) electrons. The molecule has 1 aliphatic rings. The molecule has 66 valence electrons. The number of hydrogen-bond acceptors (Lipinski definition) is 0. The quantitative estimate of drug-likeness (QED) is 0.446. The highest BCUT2D eigenvalue weighted by atomic mass is 28.3. The van der Waals surface area contributed by atoms with Gasteiger partial charge in [0.15, 0.2) is 0 Å². The van der Waals surface area contributed by atoms with Gasteiger partial charge in [-0.15, -0.1) is 6.58 Å². The van der Waals surface area contributed by atoms with E-state index < -0.39 is 8.07 Å². The zero-order valence-electron chi connectivity index (χ0n) is 8.30. The van der Waals surface area contributed by atoms with Crippen LogP contribution in [0.4, 0.5) is 0 Å². The minimum atomic E-state index is -1.16. The molecule has 0 nitrogen and oxygen atoms in total. The van der Waals surface area contributed by atoms with Crippen molar-refractivity contribution in [3.63, 3.8) is 0 Å². The standard InChI is InChI=1S/C11H18Si/c1-5-11(12(2,3)4)9-7-6-8-10-11/h5-9H,1,10H2,2-4H3. The number of rotatable bonds is 2. The van der Waals surface area contributed by atoms with Crippen LogP contribution in [0.15, 0.2) is 37.0 Å². The summed E-state index contributed by atoms with van der Waals surface area (Å²) in [4.78, 5) is 0. The van der Waals surface area contributed by atoms with Gasteiger partial charge in [-0.05, 0) is 6.42 Å². The molecule has 12 heavy (non-hydrogen) atoms. The molecule has 0 N–H and O–H groups in total. The Morgan fingerprint density at radius 3 is 2.25 bits per heavy atom. The normalized spacial score (nSPS) is 28.9. The van der Waals surface area contributed by atoms with Gasteiger partial charge in [-0.2, -0.15) is 0 Å². The zero-order chi connectivity index (χ0) is 9.24. The first-order valence-electron chi connectivity index (χ1n) is 4.50. The predicted molar refractivity (Wildman–Crippen MR) is 59.1 cm³/mol. The summed E-state index contributed by atoms with van der Waals surface area (Å²) in [5.74, 6) is 0. The van der Waals surface area contributed by atoms with Crippen LogP contribution in [0.2, 0.25) is 24.7 Å². The first kappa shape index (κ1) is 9.52. The number of allylic oxidation sites excluding steroid dienone is 5. The molecule has 0 aromatic rings. The summed E-state index contributed by atoms with van der Waals surface area (Å²) in [5.41, 5.74) is 0. The summed E-state index contributed by atoms with van der Waals surface area (Å²) in [6.07, 6.45) is 12.1. The lowest BCUT2D eigenvalue weighted by atomic mass is 10.00. The van der Waals surface area contributed by atoms with Gasteiger partial charge >= 0.3 is 0 Å². The Morgan fingerprint density at radius 1 is 1.33 bits per heavy atom. The molecule has 0 fully saturated rings. The lowest BCUT2D eigenvalue weighted by Gasteiger charge is -2.39. The summed E-state index contributed by atoms with van der Waals surface area (Å²) in [6, 6.07) is 0. The third kappa shape index (κ3) is 1.46. The van der Waals surface area contributed by atoms with Crippen LogP contribution in [-0.4, -0.2) is 8.07 Å². The summed E-state index contributed by atoms with van der Waals surface area (Å²) < 4.78 is 0. The van der Waals surface area contributed by atoms with E-state index >= 15 is 0 Å². The van der Waals surface area contributed by atoms with E-state index in [1.54, 1.807) is 0 Å². The molecule has 1 unspecified atom stereocenters. The van der Waals surface area contributed by atoms with E-state index in [1.807, 2.05) is 0 Å². The molecule has 0 saturated carbocycles. The van der Waals surface area contributed by atoms with Gasteiger partial charge in [0.25, 0.3) is 0 Å². The Balaban J connectivity index is 2.99. The van der Waals surface area contributed by atoms with Gasteiger partial charge < -0.3 is 0 Å². The van der Waals surface area contributed by atoms with Crippen LogP contribution in [0.25, 0.3) is 0 Å². The zero-order valence-corrected chi connectivity index (χ0v) is 9.30. The van der Waals surface area contributed by atoms with Crippen molar-refractivity contribution in [3.8, 4) is 0 Å². The predicted octanol–water partition coefficient (Wildman–Crippen LogP) is 3.77. The van der Waals surface area contributed by atoms with Crippen molar-refractivity contribution >= 4 is 8.07 Å². The lowest BCUT2D eigenvalue weighted by molar-refractivity contribution is 0.807. The van der Waals surface area contributed by atoms with Gasteiger partial charge in [0.2, 0.25) is 0 Å². The maximum Gasteiger partial charge on any atom is 0.0600 e. The van der Waals surface area contributed by atoms with Crippen LogP contribution in [0, 0.1) is 0 Å². The topological polar surface area (TPSA) is 0 Å². The Kier molecular flexibility index (Phi) is 2.43. The molecule has 0 spiro atoms. The Bertz CT molecular complexity index is 230. The maximum absolute atomic E-state index is 3.97. The fourth-order valence-electron chi connectivity index (χ4n) is 1.65. The molecule has 0 bridgehead atoms. The largest absolute Gasteiger partial charge is 0.102 e. The molecule has 0 aromatic carbocycles. The first-order valence-corrected chi connectivity index (χ1v) is 8.00. The molecule has 0 aliphatic heterocycles. The summed E-state index contributed by atoms with van der Waals surface area (Å²) in [5, 5.41) is 0.293. The average Bonchev–Trinajstić information content (AvgIpc) is 2.04. The van der Waals surface area contributed by atoms with Gasteiger partial charge in [-0.25, -0.2) is 0 Å². The van der Waals surface area contributed by atoms with E-state index in [-0.39, 0.29) is 0 Å². The highest BCUT2D eigenvalue weighted by Crippen LogP contribution is 2.45. The van der Waals surface area contributed by atoms with E-state index in [4.69, 9.17) is 0 Å². The van der Waals surface area contributed by atoms with E-state index in [1.165, 1.54) is 0 Å². The van der Waals surface area contributed by atoms with E-state index in [9.17, 15) is 0 Å². The molecule has 0 heterocycles. The second kappa shape index (κ2) is 3.06. The fraction of sp³-hybridized carbons (Fsp3) is 0.455. The number of hydrogen-bond donors (Lipinski definition) is 0. The van der Waals surface area contributed by atoms with Crippen molar-refractivity contribution < 1.29 is 0 Å². The van der Waals surface area contributed by atoms with Gasteiger partial charge in [-0.1, -0.05) is 50.0 Å². The van der Waals surface area contributed by atoms with Crippen LogP contribution < -0.4 is 0 Å². The molecule has 1 aliphatic carbocycles. The molecular weight excluding hydrogens is 160 g/mol. The monoisotopic (exact) mass is 178 g/mol. The second-order valence-electron chi connectivity index (χ2n) is 4.49. The van der Waals surface area contributed by atoms with Gasteiger partial charge in [0.1, 0.15) is 0 Å². The minimum Gasteiger partial charge on any atom is -0.102 e. The third-order valence-corrected chi connectivity index (χ3v) is 6.22. The smallest absolute Gasteiger partial charge is 0.0600 e. The Labute approximate surface area is 76.7 Å². The van der Waals surface area contributed by atoms with E-state index in [2.05, 4.69) is 56.6 Å². The summed E-state index contributed by atoms with van der Waals surface area (Å²) in [6.45, 7) is 11.2. The van der Waals surface area contributed by atoms with Crippen LogP contribution in [0.3, 0.4) is 0 Å². The Hall–Kier alpha value is -0.563. The third-order valence-electron chi connectivity index (χ3n) is 2.86. The van der Waals surface area contributed by atoms with E-state index in [0.29, 0.717) is 5.04 Å². The van der Waals surface area contributed by atoms with Crippen LogP contribution >= 0.6 is 0 Å². The van der Waals surface area contributed by atoms with E-state index in [0.717, 1.165) is 6.42 Å². The van der Waals surface area contributed by atoms with Crippen molar-refractivity contribution in [1.29, 1.82) is 0 Å². The second-order valence-corrected chi connectivity index (χ2v) is 9.92. The molecule has 1 atom stereocenters. The molecule has 0 amide bonds. The van der Waals surface area contributed by atoms with Crippen molar-refractivity contribution in [1.82, 2.24) is 0 Å². The van der Waals surface area contributed by atoms with Gasteiger partial charge in [0, 0.05) is 5.04 Å². The fourth-order valence-corrected chi connectivity index (χ4v) is 3.59. The summed E-state index contributed by atoms with van der Waals surface area (Å²) in [7, 11) is -1.16. The molecular formula is C11H18Si. The minimum absolute atomic E-state index is 0.293. The lowest BCUT2D eigenvalue weighted by Crippen LogP contribution is -2.37. The van der Waals surface area contributed by atoms with Crippen molar-refractivity contribution in [2.24, 2.45) is 0 Å². The molecule has 0 saturated heterocycles. The van der Waals surface area contributed by atoms with Crippen molar-refractivity contribution in [2.45, 2.75) is 31.1 Å². The highest BCUT2D eigenvalue weighted by molar-refractivity contribution is 6.80. The Morgan fingerprint density at radius 2 is 2.00 bits per heavy atom. The molecule has 1 rings (SSSR count). The molecule has 1 heteroatoms. The maximum atomic E-state index is 3.97. The van der Waals surface area contributed by atoms with Crippen LogP contribution in [0.1, 0.15) is 6.42 Å². The van der Waals surface area contributed by atoms with Crippen LogP contribution in [-0.2, 0) is 0 Å². The van der Waals surface area contributed by atoms with Gasteiger partial charge in [-0.3, -0.25) is 0 Å². The van der Waals surface area contributed by atoms with Gasteiger partial charge in [0.05, 0.1) is 8.07 Å². The SMILES string of the molecule is C=CC1([Si](C)(C)C)C=CC=CC1. The average molecular weight is 178 g/mol. The first-order chi connectivity index (χ1) is 5.52. The van der Waals surface area contributed by atoms with Crippen molar-refractivity contribution in [3.05, 3.63) is 37.0 Å². The summed E-state index contributed by atoms with van der Waals surface area (Å²) >= 11 is 0. The highest BCUT2D eigenvalue weighted by Gasteiger charge is 2.37. The van der Waals surface area contributed by atoms with Crippen molar-refractivity contribution in [2.75, 3.05) is 0 Å².